The van der Waals surface area contributed by atoms with E-state index in [4.69, 9.17) is 10.5 Å². The Kier molecular flexibility index (Phi) is 3.55. The molecule has 0 aromatic rings. The van der Waals surface area contributed by atoms with Gasteiger partial charge in [0, 0.05) is 11.9 Å². The van der Waals surface area contributed by atoms with Gasteiger partial charge in [-0.2, -0.15) is 0 Å². The zero-order valence-electron chi connectivity index (χ0n) is 6.72. The lowest BCUT2D eigenvalue weighted by Crippen LogP contribution is -2.26. The second kappa shape index (κ2) is 4.24. The first-order valence-electron chi connectivity index (χ1n) is 3.87. The molecule has 64 valence electrons. The predicted octanol–water partition coefficient (Wildman–Crippen LogP) is 1.79. The number of halogens is 1. The number of ether oxygens (including phenoxy) is 1. The predicted molar refractivity (Wildman–Crippen MR) is 49.6 cm³/mol. The number of allylic oxidation sites excluding steroid dienone is 1. The summed E-state index contributed by atoms with van der Waals surface area (Å²) in [5.41, 5.74) is 6.92. The fourth-order valence-electron chi connectivity index (χ4n) is 1.29. The van der Waals surface area contributed by atoms with Gasteiger partial charge in [0.2, 0.25) is 0 Å². The molecule has 2 unspecified atom stereocenters. The highest BCUT2D eigenvalue weighted by Gasteiger charge is 2.15. The van der Waals surface area contributed by atoms with Gasteiger partial charge in [0.25, 0.3) is 0 Å². The summed E-state index contributed by atoms with van der Waals surface area (Å²) in [6.07, 6.45) is 5.46. The van der Waals surface area contributed by atoms with Gasteiger partial charge in [-0.25, -0.2) is 0 Å². The van der Waals surface area contributed by atoms with E-state index in [1.807, 2.05) is 0 Å². The quantitative estimate of drug-likeness (QED) is 0.437. The molecule has 0 bridgehead atoms. The molecule has 2 N–H and O–H groups in total. The van der Waals surface area contributed by atoms with Crippen molar-refractivity contribution in [2.24, 2.45) is 5.73 Å². The van der Waals surface area contributed by atoms with Gasteiger partial charge in [-0.1, -0.05) is 22.0 Å². The van der Waals surface area contributed by atoms with Crippen molar-refractivity contribution in [1.82, 2.24) is 0 Å². The van der Waals surface area contributed by atoms with Crippen molar-refractivity contribution in [3.05, 3.63) is 11.6 Å². The SMILES string of the molecule is COC(N)C1=CC(Br)CCC1. The molecule has 0 fully saturated rings. The zero-order chi connectivity index (χ0) is 8.27. The summed E-state index contributed by atoms with van der Waals surface area (Å²) in [5, 5.41) is 0. The number of nitrogens with two attached hydrogens (primary N) is 1. The molecule has 1 rings (SSSR count). The largest absolute Gasteiger partial charge is 0.363 e. The fraction of sp³-hybridized carbons (Fsp3) is 0.750. The Morgan fingerprint density at radius 3 is 3.09 bits per heavy atom. The second-order valence-corrected chi connectivity index (χ2v) is 3.98. The van der Waals surface area contributed by atoms with Crippen molar-refractivity contribution in [2.75, 3.05) is 7.11 Å². The third kappa shape index (κ3) is 2.58. The minimum Gasteiger partial charge on any atom is -0.363 e. The minimum absolute atomic E-state index is 0.199. The Labute approximate surface area is 75.9 Å². The Hall–Kier alpha value is 0.140. The average Bonchev–Trinajstić information content (AvgIpc) is 2.03. The Morgan fingerprint density at radius 1 is 1.82 bits per heavy atom. The molecule has 0 amide bonds. The van der Waals surface area contributed by atoms with E-state index in [0.717, 1.165) is 6.42 Å². The van der Waals surface area contributed by atoms with Crippen LogP contribution in [0.25, 0.3) is 0 Å². The van der Waals surface area contributed by atoms with Crippen molar-refractivity contribution in [1.29, 1.82) is 0 Å². The minimum atomic E-state index is -0.199. The molecule has 2 atom stereocenters. The van der Waals surface area contributed by atoms with Gasteiger partial charge in [0.1, 0.15) is 6.23 Å². The maximum atomic E-state index is 5.70. The van der Waals surface area contributed by atoms with Gasteiger partial charge in [-0.05, 0) is 24.8 Å². The standard InChI is InChI=1S/C8H14BrNO/c1-11-8(10)6-3-2-4-7(9)5-6/h5,7-8H,2-4,10H2,1H3. The number of methoxy groups -OCH3 is 1. The van der Waals surface area contributed by atoms with Gasteiger partial charge in [0.15, 0.2) is 0 Å². The van der Waals surface area contributed by atoms with Crippen LogP contribution in [0.2, 0.25) is 0 Å². The van der Waals surface area contributed by atoms with Crippen LogP contribution in [0.5, 0.6) is 0 Å². The number of rotatable bonds is 2. The molecule has 0 aliphatic heterocycles. The number of hydrogen-bond donors (Lipinski definition) is 1. The van der Waals surface area contributed by atoms with Crippen LogP contribution in [0.15, 0.2) is 11.6 Å². The van der Waals surface area contributed by atoms with E-state index in [0.29, 0.717) is 4.83 Å². The van der Waals surface area contributed by atoms with Crippen LogP contribution in [-0.2, 0) is 4.74 Å². The van der Waals surface area contributed by atoms with Crippen LogP contribution >= 0.6 is 15.9 Å². The Balaban J connectivity index is 2.55. The van der Waals surface area contributed by atoms with Crippen molar-refractivity contribution in [2.45, 2.75) is 30.3 Å². The monoisotopic (exact) mass is 219 g/mol. The summed E-state index contributed by atoms with van der Waals surface area (Å²) >= 11 is 3.54. The van der Waals surface area contributed by atoms with Crippen LogP contribution in [0, 0.1) is 0 Å². The molecule has 2 nitrogen and oxygen atoms in total. The van der Waals surface area contributed by atoms with Crippen LogP contribution in [-0.4, -0.2) is 18.2 Å². The maximum absolute atomic E-state index is 5.70. The Morgan fingerprint density at radius 2 is 2.55 bits per heavy atom. The van der Waals surface area contributed by atoms with Gasteiger partial charge >= 0.3 is 0 Å². The smallest absolute Gasteiger partial charge is 0.127 e. The van der Waals surface area contributed by atoms with Crippen molar-refractivity contribution < 1.29 is 4.74 Å². The van der Waals surface area contributed by atoms with E-state index < -0.39 is 0 Å². The van der Waals surface area contributed by atoms with Crippen LogP contribution in [0.1, 0.15) is 19.3 Å². The molecular formula is C8H14BrNO. The van der Waals surface area contributed by atoms with E-state index in [2.05, 4.69) is 22.0 Å². The molecule has 1 aliphatic rings. The van der Waals surface area contributed by atoms with Crippen molar-refractivity contribution >= 4 is 15.9 Å². The van der Waals surface area contributed by atoms with Crippen molar-refractivity contribution in [3.63, 3.8) is 0 Å². The van der Waals surface area contributed by atoms with Crippen LogP contribution in [0.4, 0.5) is 0 Å². The summed E-state index contributed by atoms with van der Waals surface area (Å²) in [6.45, 7) is 0. The molecule has 11 heavy (non-hydrogen) atoms. The van der Waals surface area contributed by atoms with E-state index in [9.17, 15) is 0 Å². The summed E-state index contributed by atoms with van der Waals surface area (Å²) in [5.74, 6) is 0. The van der Waals surface area contributed by atoms with Gasteiger partial charge in [-0.15, -0.1) is 0 Å². The fourth-order valence-corrected chi connectivity index (χ4v) is 1.95. The molecule has 3 heteroatoms. The maximum Gasteiger partial charge on any atom is 0.127 e. The molecule has 0 heterocycles. The molecule has 0 aromatic carbocycles. The molecule has 0 aromatic heterocycles. The number of alkyl halides is 1. The Bertz CT molecular complexity index is 158. The molecular weight excluding hydrogens is 206 g/mol. The van der Waals surface area contributed by atoms with Gasteiger partial charge in [0.05, 0.1) is 0 Å². The van der Waals surface area contributed by atoms with Gasteiger partial charge < -0.3 is 10.5 Å². The summed E-state index contributed by atoms with van der Waals surface area (Å²) < 4.78 is 5.03. The second-order valence-electron chi connectivity index (χ2n) is 2.81. The normalized spacial score (nSPS) is 27.9. The van der Waals surface area contributed by atoms with Gasteiger partial charge in [-0.3, -0.25) is 0 Å². The molecule has 0 spiro atoms. The van der Waals surface area contributed by atoms with E-state index in [-0.39, 0.29) is 6.23 Å². The molecule has 0 radical (unpaired) electrons. The third-order valence-corrected chi connectivity index (χ3v) is 2.68. The highest BCUT2D eigenvalue weighted by atomic mass is 79.9. The average molecular weight is 220 g/mol. The first-order chi connectivity index (χ1) is 5.24. The zero-order valence-corrected chi connectivity index (χ0v) is 8.30. The molecule has 1 aliphatic carbocycles. The summed E-state index contributed by atoms with van der Waals surface area (Å²) in [7, 11) is 1.64. The molecule has 0 saturated carbocycles. The lowest BCUT2D eigenvalue weighted by molar-refractivity contribution is 0.133. The van der Waals surface area contributed by atoms with Crippen LogP contribution in [0.3, 0.4) is 0 Å². The lowest BCUT2D eigenvalue weighted by Gasteiger charge is -2.20. The summed E-state index contributed by atoms with van der Waals surface area (Å²) in [6, 6.07) is 0. The van der Waals surface area contributed by atoms with Crippen molar-refractivity contribution in [3.8, 4) is 0 Å². The first-order valence-corrected chi connectivity index (χ1v) is 4.78. The highest BCUT2D eigenvalue weighted by Crippen LogP contribution is 2.24. The van der Waals surface area contributed by atoms with E-state index in [1.165, 1.54) is 18.4 Å². The number of hydrogen-bond acceptors (Lipinski definition) is 2. The van der Waals surface area contributed by atoms with E-state index >= 15 is 0 Å². The molecule has 0 saturated heterocycles. The lowest BCUT2D eigenvalue weighted by atomic mass is 9.98. The topological polar surface area (TPSA) is 35.2 Å². The summed E-state index contributed by atoms with van der Waals surface area (Å²) in [4.78, 5) is 0.493. The van der Waals surface area contributed by atoms with Crippen LogP contribution < -0.4 is 5.73 Å². The highest BCUT2D eigenvalue weighted by molar-refractivity contribution is 9.09. The third-order valence-electron chi connectivity index (χ3n) is 1.96. The first kappa shape index (κ1) is 9.23. The van der Waals surface area contributed by atoms with E-state index in [1.54, 1.807) is 7.11 Å².